The van der Waals surface area contributed by atoms with Crippen LogP contribution in [0.2, 0.25) is 0 Å². The monoisotopic (exact) mass is 401 g/mol. The highest BCUT2D eigenvalue weighted by Gasteiger charge is 2.61. The van der Waals surface area contributed by atoms with Crippen molar-refractivity contribution in [2.75, 3.05) is 11.4 Å². The van der Waals surface area contributed by atoms with E-state index in [9.17, 15) is 4.79 Å². The van der Waals surface area contributed by atoms with Crippen molar-refractivity contribution in [3.8, 4) is 0 Å². The molecule has 4 heteroatoms. The molecule has 4 rings (SSSR count). The van der Waals surface area contributed by atoms with E-state index in [1.807, 2.05) is 23.1 Å². The van der Waals surface area contributed by atoms with Gasteiger partial charge in [-0.2, -0.15) is 0 Å². The van der Waals surface area contributed by atoms with Crippen molar-refractivity contribution in [3.05, 3.63) is 51.5 Å². The number of hydrogen-bond acceptors (Lipinski definition) is 2. The lowest BCUT2D eigenvalue weighted by atomic mass is 9.74. The first kappa shape index (κ1) is 17.0. The number of anilines is 1. The lowest BCUT2D eigenvalue weighted by Gasteiger charge is -2.43. The van der Waals surface area contributed by atoms with Crippen molar-refractivity contribution >= 4 is 27.5 Å². The number of ether oxygens (including phenoxy) is 1. The lowest BCUT2D eigenvalue weighted by molar-refractivity contribution is -0.168. The minimum atomic E-state index is -0.870. The highest BCUT2D eigenvalue weighted by atomic mass is 79.9. The Balaban J connectivity index is 1.90. The molecular weight excluding hydrogens is 378 g/mol. The maximum absolute atomic E-state index is 13.7. The summed E-state index contributed by atoms with van der Waals surface area (Å²) in [6, 6.07) is 6.08. The Kier molecular flexibility index (Phi) is 4.16. The summed E-state index contributed by atoms with van der Waals surface area (Å²) in [4.78, 5) is 15.6. The van der Waals surface area contributed by atoms with E-state index in [1.165, 1.54) is 11.1 Å². The largest absolute Gasteiger partial charge is 0.356 e. The standard InChI is InChI=1S/C21H24BrNO2/c1-13(2)10-11-23-18-9-5-8-17(22)19(18)21(20(23)24)16-7-4-6-15(16)12-14(3)25-21/h5-6,8-10,14,16H,4,7,11-12H2,1-3H3/t14-,16?,21-/m1/s1. The molecule has 2 heterocycles. The zero-order valence-electron chi connectivity index (χ0n) is 15.0. The summed E-state index contributed by atoms with van der Waals surface area (Å²) in [6.45, 7) is 6.81. The average Bonchev–Trinajstić information content (AvgIpc) is 3.10. The van der Waals surface area contributed by atoms with Crippen molar-refractivity contribution in [3.63, 3.8) is 0 Å². The molecule has 0 N–H and O–H groups in total. The van der Waals surface area contributed by atoms with Crippen LogP contribution in [-0.2, 0) is 15.1 Å². The number of halogens is 1. The molecule has 0 bridgehead atoms. The summed E-state index contributed by atoms with van der Waals surface area (Å²) in [7, 11) is 0. The van der Waals surface area contributed by atoms with Crippen molar-refractivity contribution in [1.82, 2.24) is 0 Å². The van der Waals surface area contributed by atoms with Gasteiger partial charge in [0.1, 0.15) is 0 Å². The summed E-state index contributed by atoms with van der Waals surface area (Å²) in [5.41, 5.74) is 3.75. The molecule has 3 atom stereocenters. The van der Waals surface area contributed by atoms with Gasteiger partial charge in [-0.3, -0.25) is 4.79 Å². The van der Waals surface area contributed by atoms with Crippen molar-refractivity contribution in [2.24, 2.45) is 5.92 Å². The number of hydrogen-bond donors (Lipinski definition) is 0. The van der Waals surface area contributed by atoms with E-state index in [4.69, 9.17) is 4.74 Å². The fraction of sp³-hybridized carbons (Fsp3) is 0.476. The highest BCUT2D eigenvalue weighted by Crippen LogP contribution is 2.58. The third-order valence-corrected chi connectivity index (χ3v) is 6.27. The smallest absolute Gasteiger partial charge is 0.264 e. The van der Waals surface area contributed by atoms with Crippen LogP contribution in [0.4, 0.5) is 5.69 Å². The van der Waals surface area contributed by atoms with Crippen molar-refractivity contribution in [1.29, 1.82) is 0 Å². The van der Waals surface area contributed by atoms with Gasteiger partial charge in [-0.15, -0.1) is 0 Å². The minimum Gasteiger partial charge on any atom is -0.356 e. The molecule has 1 spiro atoms. The molecule has 3 nitrogen and oxygen atoms in total. The fourth-order valence-corrected chi connectivity index (χ4v) is 5.29. The Morgan fingerprint density at radius 2 is 2.24 bits per heavy atom. The number of allylic oxidation sites excluding steroid dienone is 2. The second-order valence-corrected chi connectivity index (χ2v) is 8.46. The Labute approximate surface area is 157 Å². The molecule has 0 radical (unpaired) electrons. The van der Waals surface area contributed by atoms with Gasteiger partial charge in [-0.25, -0.2) is 0 Å². The highest BCUT2D eigenvalue weighted by molar-refractivity contribution is 9.10. The number of nitrogens with zero attached hydrogens (tertiary/aromatic N) is 1. The van der Waals surface area contributed by atoms with Gasteiger partial charge >= 0.3 is 0 Å². The molecular formula is C21H24BrNO2. The van der Waals surface area contributed by atoms with Crippen molar-refractivity contribution in [2.45, 2.75) is 51.7 Å². The van der Waals surface area contributed by atoms with Gasteiger partial charge in [0.15, 0.2) is 5.60 Å². The maximum atomic E-state index is 13.7. The van der Waals surface area contributed by atoms with Crippen LogP contribution in [0.3, 0.4) is 0 Å². The van der Waals surface area contributed by atoms with E-state index in [1.54, 1.807) is 0 Å². The third kappa shape index (κ3) is 2.45. The van der Waals surface area contributed by atoms with Crippen LogP contribution < -0.4 is 4.90 Å². The van der Waals surface area contributed by atoms with Crippen LogP contribution >= 0.6 is 15.9 Å². The summed E-state index contributed by atoms with van der Waals surface area (Å²) in [5.74, 6) is 0.251. The van der Waals surface area contributed by atoms with E-state index >= 15 is 0 Å². The lowest BCUT2D eigenvalue weighted by Crippen LogP contribution is -2.52. The number of carbonyl (C=O) groups excluding carboxylic acids is 1. The molecule has 1 aromatic carbocycles. The summed E-state index contributed by atoms with van der Waals surface area (Å²) >= 11 is 3.72. The van der Waals surface area contributed by atoms with E-state index < -0.39 is 5.60 Å². The predicted molar refractivity (Wildman–Crippen MR) is 104 cm³/mol. The average molecular weight is 402 g/mol. The molecule has 1 fully saturated rings. The Bertz CT molecular complexity index is 793. The topological polar surface area (TPSA) is 29.5 Å². The first-order valence-corrected chi connectivity index (χ1v) is 9.85. The van der Waals surface area contributed by atoms with E-state index in [2.05, 4.69) is 48.9 Å². The van der Waals surface area contributed by atoms with Crippen LogP contribution in [0, 0.1) is 5.92 Å². The van der Waals surface area contributed by atoms with Gasteiger partial charge in [0, 0.05) is 22.5 Å². The van der Waals surface area contributed by atoms with Gasteiger partial charge < -0.3 is 9.64 Å². The zero-order chi connectivity index (χ0) is 17.8. The molecule has 3 aliphatic rings. The van der Waals surface area contributed by atoms with Crippen LogP contribution in [0.15, 0.2) is 46.0 Å². The van der Waals surface area contributed by atoms with Gasteiger partial charge in [-0.05, 0) is 52.2 Å². The Morgan fingerprint density at radius 1 is 1.44 bits per heavy atom. The van der Waals surface area contributed by atoms with E-state index in [0.717, 1.165) is 35.0 Å². The van der Waals surface area contributed by atoms with Gasteiger partial charge in [0.25, 0.3) is 5.91 Å². The fourth-order valence-electron chi connectivity index (χ4n) is 4.64. The second-order valence-electron chi connectivity index (χ2n) is 7.61. The number of amides is 1. The molecule has 1 saturated heterocycles. The number of benzene rings is 1. The van der Waals surface area contributed by atoms with Gasteiger partial charge in [-0.1, -0.05) is 45.3 Å². The molecule has 1 unspecified atom stereocenters. The first-order valence-electron chi connectivity index (χ1n) is 9.06. The van der Waals surface area contributed by atoms with Crippen LogP contribution in [0.1, 0.15) is 45.6 Å². The molecule has 1 aromatic rings. The van der Waals surface area contributed by atoms with Gasteiger partial charge in [0.2, 0.25) is 0 Å². The van der Waals surface area contributed by atoms with E-state index in [0.29, 0.717) is 6.54 Å². The Hall–Kier alpha value is -1.39. The van der Waals surface area contributed by atoms with Gasteiger partial charge in [0.05, 0.1) is 11.8 Å². The molecule has 1 amide bonds. The molecule has 1 aliphatic carbocycles. The minimum absolute atomic E-state index is 0.0490. The quantitative estimate of drug-likeness (QED) is 0.644. The van der Waals surface area contributed by atoms with Crippen molar-refractivity contribution < 1.29 is 9.53 Å². The zero-order valence-corrected chi connectivity index (χ0v) is 16.6. The summed E-state index contributed by atoms with van der Waals surface area (Å²) in [6.07, 6.45) is 7.46. The number of rotatable bonds is 2. The molecule has 2 aliphatic heterocycles. The Morgan fingerprint density at radius 3 is 3.00 bits per heavy atom. The number of fused-ring (bicyclic) bond motifs is 4. The molecule has 0 saturated carbocycles. The normalized spacial score (nSPS) is 30.3. The van der Waals surface area contributed by atoms with Crippen LogP contribution in [-0.4, -0.2) is 18.6 Å². The summed E-state index contributed by atoms with van der Waals surface area (Å²) in [5, 5.41) is 0. The van der Waals surface area contributed by atoms with Crippen LogP contribution in [0.5, 0.6) is 0 Å². The molecule has 25 heavy (non-hydrogen) atoms. The SMILES string of the molecule is CC(C)=CCN1C(=O)[C@]2(O[C@H](C)CC3=CCCC32)c2c(Br)cccc21. The predicted octanol–water partition coefficient (Wildman–Crippen LogP) is 5.10. The number of carbonyl (C=O) groups is 1. The summed E-state index contributed by atoms with van der Waals surface area (Å²) < 4.78 is 7.49. The van der Waals surface area contributed by atoms with E-state index in [-0.39, 0.29) is 17.9 Å². The third-order valence-electron chi connectivity index (χ3n) is 5.61. The maximum Gasteiger partial charge on any atom is 0.264 e. The first-order chi connectivity index (χ1) is 11.9. The van der Waals surface area contributed by atoms with Crippen LogP contribution in [0.25, 0.3) is 0 Å². The molecule has 132 valence electrons. The second kappa shape index (κ2) is 6.10. The molecule has 0 aromatic heterocycles.